The van der Waals surface area contributed by atoms with E-state index in [1.54, 1.807) is 0 Å². The van der Waals surface area contributed by atoms with Gasteiger partial charge < -0.3 is 13.9 Å². The zero-order valence-electron chi connectivity index (χ0n) is 22.2. The van der Waals surface area contributed by atoms with Crippen LogP contribution in [0.15, 0.2) is 42.5 Å². The monoisotopic (exact) mass is 460 g/mol. The van der Waals surface area contributed by atoms with Crippen molar-refractivity contribution in [2.24, 2.45) is 11.3 Å². The minimum atomic E-state index is -1.85. The highest BCUT2D eigenvalue weighted by Crippen LogP contribution is 2.49. The fourth-order valence-corrected chi connectivity index (χ4v) is 5.36. The van der Waals surface area contributed by atoms with Crippen LogP contribution in [-0.2, 0) is 20.5 Å². The molecule has 1 fully saturated rings. The first kappa shape index (κ1) is 27.3. The molecule has 0 spiro atoms. The van der Waals surface area contributed by atoms with Gasteiger partial charge in [0.15, 0.2) is 8.32 Å². The maximum absolute atomic E-state index is 6.74. The Morgan fingerprint density at radius 2 is 1.69 bits per heavy atom. The van der Waals surface area contributed by atoms with Crippen LogP contribution in [0.2, 0.25) is 18.1 Å². The fraction of sp³-hybridized carbons (Fsp3) is 0.714. The summed E-state index contributed by atoms with van der Waals surface area (Å²) in [5, 5.41) is 0.194. The lowest BCUT2D eigenvalue weighted by Crippen LogP contribution is -2.51. The van der Waals surface area contributed by atoms with Gasteiger partial charge in [0.1, 0.15) is 0 Å². The predicted octanol–water partition coefficient (Wildman–Crippen LogP) is 7.77. The molecular formula is C28H48O3Si. The molecule has 3 nitrogen and oxygen atoms in total. The molecule has 0 saturated heterocycles. The lowest BCUT2D eigenvalue weighted by molar-refractivity contribution is -0.150. The molecule has 0 unspecified atom stereocenters. The molecule has 0 bridgehead atoms. The minimum absolute atomic E-state index is 0.0678. The Bertz CT molecular complexity index is 729. The van der Waals surface area contributed by atoms with Crippen molar-refractivity contribution in [2.45, 2.75) is 104 Å². The van der Waals surface area contributed by atoms with Crippen molar-refractivity contribution >= 4 is 8.32 Å². The third-order valence-corrected chi connectivity index (χ3v) is 12.1. The van der Waals surface area contributed by atoms with Crippen LogP contribution in [0.3, 0.4) is 0 Å². The van der Waals surface area contributed by atoms with Gasteiger partial charge in [0, 0.05) is 24.5 Å². The van der Waals surface area contributed by atoms with Gasteiger partial charge in [-0.1, -0.05) is 70.2 Å². The van der Waals surface area contributed by atoms with Crippen molar-refractivity contribution in [3.05, 3.63) is 48.0 Å². The smallest absolute Gasteiger partial charge is 0.192 e. The molecule has 1 aliphatic carbocycles. The first-order chi connectivity index (χ1) is 14.7. The minimum Gasteiger partial charge on any atom is -0.416 e. The Hall–Kier alpha value is -0.943. The number of ether oxygens (including phenoxy) is 2. The summed E-state index contributed by atoms with van der Waals surface area (Å²) in [5.74, 6) is 0.276. The zero-order valence-corrected chi connectivity index (χ0v) is 23.2. The molecule has 2 rings (SSSR count). The topological polar surface area (TPSA) is 27.7 Å². The summed E-state index contributed by atoms with van der Waals surface area (Å²) in [5.41, 5.74) is 2.27. The standard InChI is InChI=1S/C28H48O3Si/c1-22-16-17-25(31-26(2,3)4)28(8,18-19-29-20-23-14-12-11-13-15-23)24(22)21-30-32(9,10)27(5,6)7/h11-15,24-25H,1,16-21H2,2-10H3/t24-,25-,28-/m0/s1. The van der Waals surface area contributed by atoms with Gasteiger partial charge in [0.2, 0.25) is 0 Å². The molecule has 0 aliphatic heterocycles. The number of rotatable bonds is 9. The second kappa shape index (κ2) is 10.5. The highest BCUT2D eigenvalue weighted by molar-refractivity contribution is 6.74. The third kappa shape index (κ3) is 7.28. The highest BCUT2D eigenvalue weighted by Gasteiger charge is 2.48. The summed E-state index contributed by atoms with van der Waals surface area (Å²) in [7, 11) is -1.85. The first-order valence-electron chi connectivity index (χ1n) is 12.3. The second-order valence-corrected chi connectivity index (χ2v) is 17.1. The Morgan fingerprint density at radius 3 is 2.25 bits per heavy atom. The molecule has 1 saturated carbocycles. The van der Waals surface area contributed by atoms with E-state index >= 15 is 0 Å². The largest absolute Gasteiger partial charge is 0.416 e. The van der Waals surface area contributed by atoms with E-state index in [-0.39, 0.29) is 28.1 Å². The molecule has 0 amide bonds. The summed E-state index contributed by atoms with van der Waals surface area (Å²) in [6.07, 6.45) is 3.13. The maximum atomic E-state index is 6.74. The van der Waals surface area contributed by atoms with E-state index in [1.165, 1.54) is 11.1 Å². The quantitative estimate of drug-likeness (QED) is 0.214. The molecule has 0 aromatic heterocycles. The van der Waals surface area contributed by atoms with Gasteiger partial charge in [0.05, 0.1) is 18.3 Å². The highest BCUT2D eigenvalue weighted by atomic mass is 28.4. The van der Waals surface area contributed by atoms with Crippen LogP contribution < -0.4 is 0 Å². The lowest BCUT2D eigenvalue weighted by Gasteiger charge is -2.51. The summed E-state index contributed by atoms with van der Waals surface area (Å²) >= 11 is 0. The van der Waals surface area contributed by atoms with Crippen molar-refractivity contribution in [3.63, 3.8) is 0 Å². The van der Waals surface area contributed by atoms with Gasteiger partial charge >= 0.3 is 0 Å². The molecule has 0 radical (unpaired) electrons. The van der Waals surface area contributed by atoms with Crippen molar-refractivity contribution in [3.8, 4) is 0 Å². The van der Waals surface area contributed by atoms with Crippen LogP contribution in [0.1, 0.15) is 73.3 Å². The molecule has 3 atom stereocenters. The molecular weight excluding hydrogens is 412 g/mol. The molecule has 1 aromatic rings. The normalized spacial score (nSPS) is 25.2. The Balaban J connectivity index is 2.17. The SMILES string of the molecule is C=C1CC[C@H](OC(C)(C)C)[C@@](C)(CCOCc2ccccc2)[C@H]1CO[Si](C)(C)C(C)(C)C. The van der Waals surface area contributed by atoms with E-state index in [2.05, 4.69) is 92.4 Å². The van der Waals surface area contributed by atoms with Gasteiger partial charge in [-0.15, -0.1) is 0 Å². The van der Waals surface area contributed by atoms with Gasteiger partial charge in [-0.2, -0.15) is 0 Å². The molecule has 4 heteroatoms. The average Bonchev–Trinajstić information content (AvgIpc) is 2.66. The van der Waals surface area contributed by atoms with Crippen LogP contribution >= 0.6 is 0 Å². The lowest BCUT2D eigenvalue weighted by atomic mass is 9.62. The summed E-state index contributed by atoms with van der Waals surface area (Å²) < 4.78 is 19.5. The van der Waals surface area contributed by atoms with Crippen molar-refractivity contribution in [1.82, 2.24) is 0 Å². The summed E-state index contributed by atoms with van der Waals surface area (Å²) in [4.78, 5) is 0. The van der Waals surface area contributed by atoms with Crippen LogP contribution in [0.5, 0.6) is 0 Å². The Morgan fingerprint density at radius 1 is 1.06 bits per heavy atom. The van der Waals surface area contributed by atoms with Crippen LogP contribution in [0.4, 0.5) is 0 Å². The Labute approximate surface area is 199 Å². The van der Waals surface area contributed by atoms with Gasteiger partial charge in [-0.3, -0.25) is 0 Å². The van der Waals surface area contributed by atoms with Crippen molar-refractivity contribution in [1.29, 1.82) is 0 Å². The van der Waals surface area contributed by atoms with Crippen LogP contribution in [0, 0.1) is 11.3 Å². The maximum Gasteiger partial charge on any atom is 0.192 e. The van der Waals surface area contributed by atoms with Crippen molar-refractivity contribution < 1.29 is 13.9 Å². The van der Waals surface area contributed by atoms with Gasteiger partial charge in [0.25, 0.3) is 0 Å². The molecule has 1 aromatic carbocycles. The van der Waals surface area contributed by atoms with Gasteiger partial charge in [-0.05, 0) is 63.7 Å². The van der Waals surface area contributed by atoms with E-state index in [9.17, 15) is 0 Å². The second-order valence-electron chi connectivity index (χ2n) is 12.3. The molecule has 1 aliphatic rings. The van der Waals surface area contributed by atoms with E-state index in [1.807, 2.05) is 6.07 Å². The molecule has 0 heterocycles. The van der Waals surface area contributed by atoms with Crippen molar-refractivity contribution in [2.75, 3.05) is 13.2 Å². The molecule has 0 N–H and O–H groups in total. The third-order valence-electron chi connectivity index (χ3n) is 7.56. The van der Waals surface area contributed by atoms with E-state index in [0.29, 0.717) is 13.2 Å². The summed E-state index contributed by atoms with van der Waals surface area (Å²) in [6, 6.07) is 10.4. The van der Waals surface area contributed by atoms with E-state index in [4.69, 9.17) is 13.9 Å². The Kier molecular flexibility index (Phi) is 9.00. The zero-order chi connectivity index (χ0) is 24.2. The first-order valence-corrected chi connectivity index (χ1v) is 15.2. The van der Waals surface area contributed by atoms with E-state index in [0.717, 1.165) is 25.9 Å². The number of hydrogen-bond acceptors (Lipinski definition) is 3. The molecule has 32 heavy (non-hydrogen) atoms. The van der Waals surface area contributed by atoms with Crippen LogP contribution in [-0.4, -0.2) is 33.2 Å². The summed E-state index contributed by atoms with van der Waals surface area (Å²) in [6.45, 7) is 27.0. The molecule has 182 valence electrons. The fourth-order valence-electron chi connectivity index (χ4n) is 4.34. The average molecular weight is 461 g/mol. The van der Waals surface area contributed by atoms with E-state index < -0.39 is 8.32 Å². The number of benzene rings is 1. The number of hydrogen-bond donors (Lipinski definition) is 0. The van der Waals surface area contributed by atoms with Gasteiger partial charge in [-0.25, -0.2) is 0 Å². The predicted molar refractivity (Wildman–Crippen MR) is 138 cm³/mol. The van der Waals surface area contributed by atoms with Crippen LogP contribution in [0.25, 0.3) is 0 Å².